The van der Waals surface area contributed by atoms with E-state index < -0.39 is 11.6 Å². The van der Waals surface area contributed by atoms with Crippen molar-refractivity contribution in [3.63, 3.8) is 0 Å². The number of halogens is 2. The lowest BCUT2D eigenvalue weighted by molar-refractivity contribution is 0.274. The van der Waals surface area contributed by atoms with Crippen LogP contribution in [0.4, 0.5) is 14.6 Å². The predicted octanol–water partition coefficient (Wildman–Crippen LogP) is 3.80. The van der Waals surface area contributed by atoms with Gasteiger partial charge in [0.25, 0.3) is 0 Å². The van der Waals surface area contributed by atoms with Crippen LogP contribution in [-0.4, -0.2) is 40.8 Å². The van der Waals surface area contributed by atoms with Gasteiger partial charge in [-0.2, -0.15) is 4.98 Å². The highest BCUT2D eigenvalue weighted by molar-refractivity contribution is 5.65. The molecule has 3 aromatic heterocycles. The van der Waals surface area contributed by atoms with Crippen molar-refractivity contribution < 1.29 is 8.78 Å². The summed E-state index contributed by atoms with van der Waals surface area (Å²) in [5, 5.41) is 8.63. The standard InChI is InChI=1S/C22H20F2N8/c1-2-22-7-3-4-9-32(22)19-17(31-13-27-29-20(22)31)12-26-21(28-19)30-10-8-25-18(30)15-6-5-14(23)11-16(15)24/h5-6,8,10-13H,2-4,7,9H2,1H3/t22-/m0/s1. The Hall–Kier alpha value is -3.69. The van der Waals surface area contributed by atoms with Crippen LogP contribution in [0.15, 0.2) is 43.1 Å². The van der Waals surface area contributed by atoms with Crippen molar-refractivity contribution >= 4 is 5.82 Å². The minimum Gasteiger partial charge on any atom is -0.342 e. The van der Waals surface area contributed by atoms with Gasteiger partial charge in [0.2, 0.25) is 5.95 Å². The summed E-state index contributed by atoms with van der Waals surface area (Å²) in [7, 11) is 0. The molecule has 1 atom stereocenters. The molecule has 162 valence electrons. The Labute approximate surface area is 182 Å². The molecule has 0 spiro atoms. The zero-order valence-electron chi connectivity index (χ0n) is 17.4. The Morgan fingerprint density at radius 3 is 2.88 bits per heavy atom. The Bertz CT molecular complexity index is 1330. The van der Waals surface area contributed by atoms with Gasteiger partial charge in [0.15, 0.2) is 11.6 Å². The molecule has 5 heterocycles. The third kappa shape index (κ3) is 2.55. The normalized spacial score (nSPS) is 19.4. The number of anilines is 1. The van der Waals surface area contributed by atoms with Crippen molar-refractivity contribution in [2.24, 2.45) is 0 Å². The highest BCUT2D eigenvalue weighted by Crippen LogP contribution is 2.47. The van der Waals surface area contributed by atoms with Gasteiger partial charge in [-0.3, -0.25) is 9.13 Å². The highest BCUT2D eigenvalue weighted by atomic mass is 19.1. The minimum absolute atomic E-state index is 0.180. The first-order valence-electron chi connectivity index (χ1n) is 10.7. The maximum absolute atomic E-state index is 14.5. The van der Waals surface area contributed by atoms with E-state index in [1.807, 2.05) is 4.57 Å². The largest absolute Gasteiger partial charge is 0.342 e. The van der Waals surface area contributed by atoms with Crippen molar-refractivity contribution in [2.75, 3.05) is 11.4 Å². The number of piperidine rings is 1. The summed E-state index contributed by atoms with van der Waals surface area (Å²) in [5.74, 6) is 1.06. The molecule has 1 aromatic carbocycles. The molecule has 8 nitrogen and oxygen atoms in total. The number of fused-ring (bicyclic) bond motifs is 6. The summed E-state index contributed by atoms with van der Waals surface area (Å²) >= 11 is 0. The summed E-state index contributed by atoms with van der Waals surface area (Å²) in [6.07, 6.45) is 10.7. The van der Waals surface area contributed by atoms with Crippen LogP contribution < -0.4 is 4.90 Å². The Balaban J connectivity index is 1.52. The van der Waals surface area contributed by atoms with E-state index in [0.717, 1.165) is 55.6 Å². The van der Waals surface area contributed by atoms with Gasteiger partial charge in [0.1, 0.15) is 35.0 Å². The van der Waals surface area contributed by atoms with Crippen LogP contribution in [0.1, 0.15) is 38.4 Å². The van der Waals surface area contributed by atoms with E-state index in [0.29, 0.717) is 11.8 Å². The van der Waals surface area contributed by atoms with Crippen LogP contribution in [0.2, 0.25) is 0 Å². The zero-order valence-corrected chi connectivity index (χ0v) is 17.4. The number of benzene rings is 1. The molecule has 6 rings (SSSR count). The van der Waals surface area contributed by atoms with Gasteiger partial charge in [-0.1, -0.05) is 6.92 Å². The Morgan fingerprint density at radius 1 is 1.12 bits per heavy atom. The first-order chi connectivity index (χ1) is 15.6. The van der Waals surface area contributed by atoms with Crippen LogP contribution in [0.25, 0.3) is 23.0 Å². The van der Waals surface area contributed by atoms with Crippen LogP contribution >= 0.6 is 0 Å². The molecule has 1 fully saturated rings. The van der Waals surface area contributed by atoms with Gasteiger partial charge in [0.05, 0.1) is 11.8 Å². The summed E-state index contributed by atoms with van der Waals surface area (Å²) in [5.41, 5.74) is 0.725. The van der Waals surface area contributed by atoms with Crippen molar-refractivity contribution in [1.29, 1.82) is 0 Å². The minimum atomic E-state index is -0.689. The van der Waals surface area contributed by atoms with E-state index in [1.165, 1.54) is 12.1 Å². The molecule has 0 radical (unpaired) electrons. The van der Waals surface area contributed by atoms with Gasteiger partial charge < -0.3 is 4.90 Å². The molecule has 4 aromatic rings. The van der Waals surface area contributed by atoms with Crippen LogP contribution in [-0.2, 0) is 5.54 Å². The number of hydrogen-bond acceptors (Lipinski definition) is 6. The molecule has 0 aliphatic carbocycles. The molecule has 1 saturated heterocycles. The van der Waals surface area contributed by atoms with Crippen molar-refractivity contribution in [2.45, 2.75) is 38.1 Å². The number of imidazole rings is 1. The molecule has 10 heteroatoms. The smallest absolute Gasteiger partial charge is 0.237 e. The summed E-state index contributed by atoms with van der Waals surface area (Å²) in [4.78, 5) is 16.1. The average molecular weight is 434 g/mol. The van der Waals surface area contributed by atoms with Gasteiger partial charge in [0, 0.05) is 25.0 Å². The highest BCUT2D eigenvalue weighted by Gasteiger charge is 2.48. The summed E-state index contributed by atoms with van der Waals surface area (Å²) in [6, 6.07) is 3.43. The fraction of sp³-hybridized carbons (Fsp3) is 0.318. The van der Waals surface area contributed by atoms with Gasteiger partial charge in [-0.25, -0.2) is 18.7 Å². The molecule has 2 aliphatic rings. The molecule has 0 bridgehead atoms. The summed E-state index contributed by atoms with van der Waals surface area (Å²) < 4.78 is 31.5. The van der Waals surface area contributed by atoms with Crippen LogP contribution in [0.5, 0.6) is 0 Å². The predicted molar refractivity (Wildman–Crippen MR) is 113 cm³/mol. The lowest BCUT2D eigenvalue weighted by atomic mass is 9.82. The second kappa shape index (κ2) is 6.91. The van der Waals surface area contributed by atoms with E-state index >= 15 is 0 Å². The number of rotatable bonds is 3. The third-order valence-electron chi connectivity index (χ3n) is 6.57. The van der Waals surface area contributed by atoms with Gasteiger partial charge in [-0.05, 0) is 37.8 Å². The number of aromatic nitrogens is 7. The molecular weight excluding hydrogens is 414 g/mol. The van der Waals surface area contributed by atoms with E-state index in [-0.39, 0.29) is 11.1 Å². The zero-order chi connectivity index (χ0) is 21.9. The second-order valence-electron chi connectivity index (χ2n) is 8.14. The molecule has 0 saturated carbocycles. The van der Waals surface area contributed by atoms with E-state index in [9.17, 15) is 8.78 Å². The molecule has 0 amide bonds. The second-order valence-corrected chi connectivity index (χ2v) is 8.14. The fourth-order valence-corrected chi connectivity index (χ4v) is 5.01. The third-order valence-corrected chi connectivity index (χ3v) is 6.57. The fourth-order valence-electron chi connectivity index (χ4n) is 5.01. The quantitative estimate of drug-likeness (QED) is 0.488. The first kappa shape index (κ1) is 19.0. The molecule has 0 N–H and O–H groups in total. The number of hydrogen-bond donors (Lipinski definition) is 0. The van der Waals surface area contributed by atoms with E-state index in [2.05, 4.69) is 32.0 Å². The van der Waals surface area contributed by atoms with Gasteiger partial charge in [-0.15, -0.1) is 10.2 Å². The van der Waals surface area contributed by atoms with Gasteiger partial charge >= 0.3 is 0 Å². The number of nitrogens with zero attached hydrogens (tertiary/aromatic N) is 8. The topological polar surface area (TPSA) is 77.5 Å². The molecular formula is C22H20F2N8. The van der Waals surface area contributed by atoms with Crippen LogP contribution in [0, 0.1) is 11.6 Å². The molecule has 0 unspecified atom stereocenters. The lowest BCUT2D eigenvalue weighted by Gasteiger charge is -2.49. The average Bonchev–Trinajstić information content (AvgIpc) is 3.49. The van der Waals surface area contributed by atoms with Crippen molar-refractivity contribution in [1.82, 2.24) is 34.3 Å². The SMILES string of the molecule is CC[C@@]12CCCCN1c1nc(-n3ccnc3-c3ccc(F)cc3F)ncc1-n1cnnc12. The Morgan fingerprint density at radius 2 is 2.03 bits per heavy atom. The van der Waals surface area contributed by atoms with Crippen molar-refractivity contribution in [3.8, 4) is 23.0 Å². The maximum Gasteiger partial charge on any atom is 0.237 e. The lowest BCUT2D eigenvalue weighted by Crippen LogP contribution is -2.53. The monoisotopic (exact) mass is 434 g/mol. The molecule has 32 heavy (non-hydrogen) atoms. The Kier molecular flexibility index (Phi) is 4.11. The van der Waals surface area contributed by atoms with Crippen molar-refractivity contribution in [3.05, 3.63) is 60.6 Å². The molecule has 2 aliphatic heterocycles. The maximum atomic E-state index is 14.5. The summed E-state index contributed by atoms with van der Waals surface area (Å²) in [6.45, 7) is 3.02. The van der Waals surface area contributed by atoms with E-state index in [4.69, 9.17) is 4.98 Å². The first-order valence-corrected chi connectivity index (χ1v) is 10.7. The van der Waals surface area contributed by atoms with E-state index in [1.54, 1.807) is 29.5 Å². The van der Waals surface area contributed by atoms with Crippen LogP contribution in [0.3, 0.4) is 0 Å².